The molecule has 1 saturated heterocycles. The van der Waals surface area contributed by atoms with Crippen LogP contribution in [-0.4, -0.2) is 23.4 Å². The van der Waals surface area contributed by atoms with Gasteiger partial charge in [-0.1, -0.05) is 64.3 Å². The van der Waals surface area contributed by atoms with E-state index in [-0.39, 0.29) is 22.3 Å². The Morgan fingerprint density at radius 3 is 2.41 bits per heavy atom. The Morgan fingerprint density at radius 1 is 1.00 bits per heavy atom. The lowest BCUT2D eigenvalue weighted by atomic mass is 9.43. The van der Waals surface area contributed by atoms with Crippen molar-refractivity contribution in [3.05, 3.63) is 22.8 Å². The first-order valence-electron chi connectivity index (χ1n) is 13.6. The van der Waals surface area contributed by atoms with Crippen molar-refractivity contribution in [3.63, 3.8) is 0 Å². The maximum atomic E-state index is 10.8. The lowest BCUT2D eigenvalue weighted by Crippen LogP contribution is -2.55. The van der Waals surface area contributed by atoms with Crippen LogP contribution in [0.2, 0.25) is 0 Å². The van der Waals surface area contributed by atoms with E-state index in [9.17, 15) is 5.11 Å². The molecule has 0 spiro atoms. The van der Waals surface area contributed by atoms with E-state index >= 15 is 0 Å². The molecule has 1 N–H and O–H groups in total. The summed E-state index contributed by atoms with van der Waals surface area (Å²) in [5.74, 6) is 2.00. The molecule has 32 heavy (non-hydrogen) atoms. The van der Waals surface area contributed by atoms with Gasteiger partial charge in [0.1, 0.15) is 0 Å². The fraction of sp³-hybridized carbons (Fsp3) is 0.867. The first kappa shape index (κ1) is 23.2. The van der Waals surface area contributed by atoms with E-state index in [4.69, 9.17) is 4.74 Å². The van der Waals surface area contributed by atoms with E-state index in [1.807, 2.05) is 5.57 Å². The first-order valence-corrected chi connectivity index (χ1v) is 13.6. The van der Waals surface area contributed by atoms with Gasteiger partial charge in [-0.3, -0.25) is 0 Å². The van der Waals surface area contributed by atoms with E-state index in [1.54, 1.807) is 5.57 Å². The molecule has 3 fully saturated rings. The SMILES string of the molecule is CC(C)=C[C@H]1C[C@@H](C)[C@H]2[C@@H](C[C@@]3(C)C4=C(CC[C@]23C)[C@@]2(C)CC[C@@H](O)C(C)(C)[C@@H]2CC4)O1. The van der Waals surface area contributed by atoms with Gasteiger partial charge in [0.05, 0.1) is 18.3 Å². The molecule has 0 aromatic carbocycles. The van der Waals surface area contributed by atoms with Gasteiger partial charge in [0.25, 0.3) is 0 Å². The van der Waals surface area contributed by atoms with Gasteiger partial charge in [-0.25, -0.2) is 0 Å². The lowest BCUT2D eigenvalue weighted by molar-refractivity contribution is -0.106. The van der Waals surface area contributed by atoms with Crippen molar-refractivity contribution >= 4 is 0 Å². The Kier molecular flexibility index (Phi) is 5.21. The summed E-state index contributed by atoms with van der Waals surface area (Å²) in [7, 11) is 0. The molecule has 2 heteroatoms. The lowest BCUT2D eigenvalue weighted by Gasteiger charge is -2.62. The highest BCUT2D eigenvalue weighted by Gasteiger charge is 2.67. The summed E-state index contributed by atoms with van der Waals surface area (Å²) in [6, 6.07) is 0. The zero-order valence-electron chi connectivity index (χ0n) is 22.1. The van der Waals surface area contributed by atoms with Crippen LogP contribution in [0.15, 0.2) is 22.8 Å². The maximum Gasteiger partial charge on any atom is 0.0764 e. The van der Waals surface area contributed by atoms with Crippen LogP contribution >= 0.6 is 0 Å². The second-order valence-corrected chi connectivity index (χ2v) is 14.0. The van der Waals surface area contributed by atoms with Gasteiger partial charge in [-0.15, -0.1) is 0 Å². The molecule has 5 aliphatic rings. The van der Waals surface area contributed by atoms with Gasteiger partial charge in [-0.05, 0) is 105 Å². The zero-order valence-corrected chi connectivity index (χ0v) is 22.1. The minimum Gasteiger partial charge on any atom is -0.393 e. The quantitative estimate of drug-likeness (QED) is 0.429. The second kappa shape index (κ2) is 7.20. The molecule has 0 amide bonds. The molecule has 9 atom stereocenters. The number of fused-ring (bicyclic) bond motifs is 6. The highest BCUT2D eigenvalue weighted by atomic mass is 16.5. The summed E-state index contributed by atoms with van der Waals surface area (Å²) in [6.45, 7) is 19.4. The summed E-state index contributed by atoms with van der Waals surface area (Å²) in [4.78, 5) is 0. The number of rotatable bonds is 1. The molecule has 2 saturated carbocycles. The van der Waals surface area contributed by atoms with Gasteiger partial charge >= 0.3 is 0 Å². The molecule has 0 radical (unpaired) electrons. The normalized spacial score (nSPS) is 51.9. The third-order valence-corrected chi connectivity index (χ3v) is 11.9. The highest BCUT2D eigenvalue weighted by molar-refractivity contribution is 5.39. The number of ether oxygens (including phenoxy) is 1. The van der Waals surface area contributed by atoms with Crippen LogP contribution in [0.4, 0.5) is 0 Å². The van der Waals surface area contributed by atoms with Crippen LogP contribution in [-0.2, 0) is 4.74 Å². The van der Waals surface area contributed by atoms with E-state index < -0.39 is 0 Å². The van der Waals surface area contributed by atoms with E-state index in [1.165, 1.54) is 44.1 Å². The van der Waals surface area contributed by atoms with Crippen molar-refractivity contribution in [2.75, 3.05) is 0 Å². The molecule has 1 heterocycles. The first-order chi connectivity index (χ1) is 14.8. The monoisotopic (exact) mass is 440 g/mol. The summed E-state index contributed by atoms with van der Waals surface area (Å²) in [5.41, 5.74) is 5.91. The smallest absolute Gasteiger partial charge is 0.0764 e. The largest absolute Gasteiger partial charge is 0.393 e. The average molecular weight is 441 g/mol. The van der Waals surface area contributed by atoms with E-state index in [2.05, 4.69) is 61.5 Å². The molecular weight excluding hydrogens is 392 g/mol. The molecule has 0 aromatic heterocycles. The topological polar surface area (TPSA) is 29.5 Å². The Labute approximate surface area is 197 Å². The van der Waals surface area contributed by atoms with Crippen LogP contribution in [0.25, 0.3) is 0 Å². The van der Waals surface area contributed by atoms with Gasteiger partial charge < -0.3 is 9.84 Å². The molecule has 180 valence electrons. The van der Waals surface area contributed by atoms with Gasteiger partial charge in [0.15, 0.2) is 0 Å². The molecular formula is C30H48O2. The Bertz CT molecular complexity index is 847. The maximum absolute atomic E-state index is 10.8. The van der Waals surface area contributed by atoms with Crippen molar-refractivity contribution in [2.45, 2.75) is 125 Å². The van der Waals surface area contributed by atoms with E-state index in [0.29, 0.717) is 29.5 Å². The Balaban J connectivity index is 1.54. The predicted molar refractivity (Wildman–Crippen MR) is 132 cm³/mol. The summed E-state index contributed by atoms with van der Waals surface area (Å²) in [6.07, 6.45) is 12.5. The molecule has 0 bridgehead atoms. The van der Waals surface area contributed by atoms with Crippen LogP contribution in [0.5, 0.6) is 0 Å². The number of aliphatic hydroxyl groups is 1. The Hall–Kier alpha value is -0.600. The van der Waals surface area contributed by atoms with E-state index in [0.717, 1.165) is 18.8 Å². The minimum atomic E-state index is -0.150. The van der Waals surface area contributed by atoms with Crippen molar-refractivity contribution in [1.29, 1.82) is 0 Å². The third-order valence-electron chi connectivity index (χ3n) is 11.9. The summed E-state index contributed by atoms with van der Waals surface area (Å²) >= 11 is 0. The molecule has 4 aliphatic carbocycles. The Morgan fingerprint density at radius 2 is 1.72 bits per heavy atom. The molecule has 2 nitrogen and oxygen atoms in total. The fourth-order valence-electron chi connectivity index (χ4n) is 10.2. The van der Waals surface area contributed by atoms with Crippen LogP contribution in [0, 0.1) is 39.4 Å². The molecule has 0 unspecified atom stereocenters. The molecule has 0 aromatic rings. The number of hydrogen-bond donors (Lipinski definition) is 1. The molecule has 1 aliphatic heterocycles. The van der Waals surface area contributed by atoms with Crippen molar-refractivity contribution < 1.29 is 9.84 Å². The standard InChI is InChI=1S/C30H48O2/c1-18(2)15-20-16-19(3)26-23(32-20)17-30(8)22-9-10-24-27(4,5)25(31)12-13-28(24,6)21(22)11-14-29(26,30)7/h15,19-20,23-26,31H,9-14,16-17H2,1-8H3/t19-,20+,23-,24+,25-,26+,28-,29-,30+/m1/s1. The third kappa shape index (κ3) is 2.90. The second-order valence-electron chi connectivity index (χ2n) is 14.0. The molecule has 5 rings (SSSR count). The van der Waals surface area contributed by atoms with Crippen molar-refractivity contribution in [2.24, 2.45) is 39.4 Å². The van der Waals surface area contributed by atoms with Gasteiger partial charge in [-0.2, -0.15) is 0 Å². The summed E-state index contributed by atoms with van der Waals surface area (Å²) < 4.78 is 6.84. The minimum absolute atomic E-state index is 0.0199. The number of hydrogen-bond acceptors (Lipinski definition) is 2. The van der Waals surface area contributed by atoms with Gasteiger partial charge in [0.2, 0.25) is 0 Å². The number of allylic oxidation sites excluding steroid dienone is 3. The summed E-state index contributed by atoms with van der Waals surface area (Å²) in [5, 5.41) is 10.8. The highest BCUT2D eigenvalue weighted by Crippen LogP contribution is 2.73. The average Bonchev–Trinajstić information content (AvgIpc) is 2.92. The van der Waals surface area contributed by atoms with Gasteiger partial charge in [0, 0.05) is 0 Å². The number of aliphatic hydroxyl groups excluding tert-OH is 1. The van der Waals surface area contributed by atoms with Crippen molar-refractivity contribution in [3.8, 4) is 0 Å². The van der Waals surface area contributed by atoms with Crippen LogP contribution in [0.3, 0.4) is 0 Å². The van der Waals surface area contributed by atoms with Crippen LogP contribution in [0.1, 0.15) is 107 Å². The predicted octanol–water partition coefficient (Wildman–Crippen LogP) is 7.47. The van der Waals surface area contributed by atoms with Crippen LogP contribution < -0.4 is 0 Å². The fourth-order valence-corrected chi connectivity index (χ4v) is 10.2. The zero-order chi connectivity index (χ0) is 23.3. The van der Waals surface area contributed by atoms with Crippen molar-refractivity contribution in [1.82, 2.24) is 0 Å².